The highest BCUT2D eigenvalue weighted by Crippen LogP contribution is 2.38. The summed E-state index contributed by atoms with van der Waals surface area (Å²) < 4.78 is 9.22. The molecule has 1 saturated heterocycles. The van der Waals surface area contributed by atoms with Crippen molar-refractivity contribution in [3.05, 3.63) is 57.5 Å². The number of nitrogen functional groups attached to an aromatic ring is 1. The predicted molar refractivity (Wildman–Crippen MR) is 124 cm³/mol. The quantitative estimate of drug-likeness (QED) is 0.161. The van der Waals surface area contributed by atoms with Gasteiger partial charge >= 0.3 is 5.97 Å². The Kier molecular flexibility index (Phi) is 6.92. The SMILES string of the molecule is CON=C(C(=O)NC1C(=O)N2C(C(=O)OCc3ccc([N+](=O)[O-])cc3)=CCS[C@H]12)c1nsc(N)n1. The monoisotopic (exact) mass is 519 g/mol. The van der Waals surface area contributed by atoms with Crippen LogP contribution in [0.3, 0.4) is 0 Å². The highest BCUT2D eigenvalue weighted by Gasteiger charge is 2.53. The fraction of sp³-hybridized carbons (Fsp3) is 0.263. The molecule has 0 spiro atoms. The number of thioether (sulfide) groups is 1. The Balaban J connectivity index is 1.38. The number of nitrogens with zero attached hydrogens (tertiary/aromatic N) is 5. The number of carbonyl (C=O) groups excluding carboxylic acids is 3. The molecule has 0 aliphatic carbocycles. The average molecular weight is 520 g/mol. The number of fused-ring (bicyclic) bond motifs is 1. The molecule has 14 nitrogen and oxygen atoms in total. The van der Waals surface area contributed by atoms with E-state index in [1.54, 1.807) is 6.08 Å². The molecule has 2 aromatic rings. The van der Waals surface area contributed by atoms with E-state index in [0.717, 1.165) is 11.5 Å². The number of β-lactam (4-membered cyclic amide) rings is 1. The Morgan fingerprint density at radius 3 is 2.74 bits per heavy atom. The number of carbonyl (C=O) groups is 3. The van der Waals surface area contributed by atoms with Crippen LogP contribution >= 0.6 is 23.3 Å². The maximum atomic E-state index is 12.8. The molecule has 2 aliphatic rings. The molecule has 3 N–H and O–H groups in total. The molecule has 2 amide bonds. The van der Waals surface area contributed by atoms with Crippen LogP contribution < -0.4 is 11.1 Å². The van der Waals surface area contributed by atoms with Crippen molar-refractivity contribution in [3.8, 4) is 0 Å². The van der Waals surface area contributed by atoms with Gasteiger partial charge in [0, 0.05) is 29.4 Å². The number of benzene rings is 1. The maximum Gasteiger partial charge on any atom is 0.355 e. The normalized spacial score (nSPS) is 19.2. The zero-order valence-electron chi connectivity index (χ0n) is 17.9. The first-order valence-electron chi connectivity index (χ1n) is 9.87. The molecule has 2 aliphatic heterocycles. The Bertz CT molecular complexity index is 1240. The van der Waals surface area contributed by atoms with Gasteiger partial charge in [-0.15, -0.1) is 11.8 Å². The molecule has 2 atom stereocenters. The number of anilines is 1. The number of amides is 2. The lowest BCUT2D eigenvalue weighted by molar-refractivity contribution is -0.384. The summed E-state index contributed by atoms with van der Waals surface area (Å²) in [5, 5.41) is 16.6. The fourth-order valence-corrected chi connectivity index (χ4v) is 4.91. The maximum absolute atomic E-state index is 12.8. The molecule has 0 saturated carbocycles. The standard InChI is InChI=1S/C19H17N7O7S2/c1-32-23-12(14-22-19(20)35-24-14)15(27)21-13-16(28)25-11(6-7-34-17(13)25)18(29)33-8-9-2-4-10(5-3-9)26(30)31/h2-6,13,17H,7-8H2,1H3,(H,21,27)(H2,20,22,24)/t13?,17-/m1/s1. The highest BCUT2D eigenvalue weighted by atomic mass is 32.2. The summed E-state index contributed by atoms with van der Waals surface area (Å²) in [5.41, 5.74) is 5.84. The van der Waals surface area contributed by atoms with Crippen LogP contribution in [0.5, 0.6) is 0 Å². The van der Waals surface area contributed by atoms with Crippen molar-refractivity contribution < 1.29 is 28.9 Å². The van der Waals surface area contributed by atoms with Crippen molar-refractivity contribution in [3.63, 3.8) is 0 Å². The summed E-state index contributed by atoms with van der Waals surface area (Å²) in [6.07, 6.45) is 1.56. The molecule has 1 unspecified atom stereocenters. The van der Waals surface area contributed by atoms with Crippen LogP contribution in [0.25, 0.3) is 0 Å². The van der Waals surface area contributed by atoms with E-state index in [9.17, 15) is 24.5 Å². The Morgan fingerprint density at radius 2 is 2.11 bits per heavy atom. The molecule has 4 rings (SSSR count). The van der Waals surface area contributed by atoms with Crippen LogP contribution in [-0.4, -0.2) is 67.0 Å². The molecule has 1 aromatic heterocycles. The van der Waals surface area contributed by atoms with Gasteiger partial charge in [0.15, 0.2) is 5.13 Å². The van der Waals surface area contributed by atoms with Gasteiger partial charge in [-0.25, -0.2) is 4.79 Å². The number of oxime groups is 1. The van der Waals surface area contributed by atoms with Crippen LogP contribution in [0.4, 0.5) is 10.8 Å². The predicted octanol–water partition coefficient (Wildman–Crippen LogP) is 0.406. The molecule has 0 bridgehead atoms. The van der Waals surface area contributed by atoms with Gasteiger partial charge in [-0.1, -0.05) is 5.16 Å². The number of hydrogen-bond donors (Lipinski definition) is 2. The third-order valence-corrected chi connectivity index (χ3v) is 6.64. The third-order valence-electron chi connectivity index (χ3n) is 4.91. The molecule has 182 valence electrons. The van der Waals surface area contributed by atoms with Crippen molar-refractivity contribution in [1.82, 2.24) is 19.6 Å². The number of non-ortho nitro benzene ring substituents is 1. The summed E-state index contributed by atoms with van der Waals surface area (Å²) in [6.45, 7) is -0.130. The number of rotatable bonds is 8. The van der Waals surface area contributed by atoms with Gasteiger partial charge in [0.1, 0.15) is 30.8 Å². The van der Waals surface area contributed by atoms with Gasteiger partial charge in [0.05, 0.1) is 4.92 Å². The largest absolute Gasteiger partial charge is 0.456 e. The van der Waals surface area contributed by atoms with Crippen molar-refractivity contribution in [2.24, 2.45) is 5.16 Å². The van der Waals surface area contributed by atoms with Gasteiger partial charge in [0.2, 0.25) is 11.5 Å². The number of nitrogens with two attached hydrogens (primary N) is 1. The minimum Gasteiger partial charge on any atom is -0.456 e. The van der Waals surface area contributed by atoms with Crippen molar-refractivity contribution in [2.75, 3.05) is 18.6 Å². The van der Waals surface area contributed by atoms with Crippen LogP contribution in [0.15, 0.2) is 41.2 Å². The summed E-state index contributed by atoms with van der Waals surface area (Å²) in [4.78, 5) is 58.3. The van der Waals surface area contributed by atoms with Crippen molar-refractivity contribution in [1.29, 1.82) is 0 Å². The van der Waals surface area contributed by atoms with Gasteiger partial charge < -0.3 is 20.6 Å². The highest BCUT2D eigenvalue weighted by molar-refractivity contribution is 8.00. The molecular formula is C19H17N7O7S2. The minimum absolute atomic E-state index is 0.0396. The van der Waals surface area contributed by atoms with Gasteiger partial charge in [-0.2, -0.15) is 9.36 Å². The first kappa shape index (κ1) is 24.1. The molecular weight excluding hydrogens is 502 g/mol. The Labute approximate surface area is 205 Å². The topological polar surface area (TPSA) is 192 Å². The van der Waals surface area contributed by atoms with E-state index < -0.39 is 34.1 Å². The summed E-state index contributed by atoms with van der Waals surface area (Å²) >= 11 is 2.23. The van der Waals surface area contributed by atoms with Gasteiger partial charge in [0.25, 0.3) is 17.5 Å². The second-order valence-corrected chi connectivity index (χ2v) is 8.98. The van der Waals surface area contributed by atoms with Crippen molar-refractivity contribution >= 4 is 57.6 Å². The van der Waals surface area contributed by atoms with E-state index in [-0.39, 0.29) is 34.7 Å². The second kappa shape index (κ2) is 10.1. The van der Waals surface area contributed by atoms with Gasteiger partial charge in [-0.05, 0) is 23.8 Å². The molecule has 1 fully saturated rings. The molecule has 16 heteroatoms. The number of esters is 1. The Hall–Kier alpha value is -4.05. The smallest absolute Gasteiger partial charge is 0.355 e. The number of nitrogens with one attached hydrogen (secondary N) is 1. The van der Waals surface area contributed by atoms with Crippen LogP contribution in [0, 0.1) is 10.1 Å². The fourth-order valence-electron chi connectivity index (χ4n) is 3.28. The van der Waals surface area contributed by atoms with E-state index >= 15 is 0 Å². The van der Waals surface area contributed by atoms with Crippen LogP contribution in [0.1, 0.15) is 11.4 Å². The average Bonchev–Trinajstić information content (AvgIpc) is 3.29. The summed E-state index contributed by atoms with van der Waals surface area (Å²) in [5.74, 6) is -1.60. The number of ether oxygens (including phenoxy) is 1. The first-order valence-corrected chi connectivity index (χ1v) is 11.7. The molecule has 1 aromatic carbocycles. The van der Waals surface area contributed by atoms with E-state index in [2.05, 4.69) is 19.8 Å². The number of aromatic nitrogens is 2. The summed E-state index contributed by atoms with van der Waals surface area (Å²) in [7, 11) is 1.25. The van der Waals surface area contributed by atoms with E-state index in [1.165, 1.54) is 48.0 Å². The minimum atomic E-state index is -0.920. The van der Waals surface area contributed by atoms with Crippen LogP contribution in [-0.2, 0) is 30.6 Å². The van der Waals surface area contributed by atoms with Crippen LogP contribution in [0.2, 0.25) is 0 Å². The number of hydrogen-bond acceptors (Lipinski definition) is 13. The van der Waals surface area contributed by atoms with E-state index in [4.69, 9.17) is 15.3 Å². The second-order valence-electron chi connectivity index (χ2n) is 7.05. The molecule has 3 heterocycles. The zero-order chi connectivity index (χ0) is 25.1. The number of nitro groups is 1. The molecule has 0 radical (unpaired) electrons. The summed E-state index contributed by atoms with van der Waals surface area (Å²) in [6, 6.07) is 4.64. The third kappa shape index (κ3) is 4.92. The Morgan fingerprint density at radius 1 is 1.37 bits per heavy atom. The van der Waals surface area contributed by atoms with Gasteiger partial charge in [-0.3, -0.25) is 24.6 Å². The van der Waals surface area contributed by atoms with E-state index in [0.29, 0.717) is 11.3 Å². The lowest BCUT2D eigenvalue weighted by atomic mass is 10.0. The zero-order valence-corrected chi connectivity index (χ0v) is 19.6. The molecule has 35 heavy (non-hydrogen) atoms. The van der Waals surface area contributed by atoms with Crippen molar-refractivity contribution in [2.45, 2.75) is 18.0 Å². The lowest BCUT2D eigenvalue weighted by Gasteiger charge is -2.48. The number of nitro benzene ring substituents is 1. The first-order chi connectivity index (χ1) is 16.8. The van der Waals surface area contributed by atoms with E-state index in [1.807, 2.05) is 0 Å². The lowest BCUT2D eigenvalue weighted by Crippen LogP contribution is -2.70.